The number of carbonyl (C=O) groups is 1. The maximum absolute atomic E-state index is 11.9. The number of nitrogens with zero attached hydrogens (tertiary/aromatic N) is 1. The van der Waals surface area contributed by atoms with Crippen LogP contribution in [0.15, 0.2) is 65.8 Å². The molecule has 2 rings (SSSR count). The number of amides is 1. The number of rotatable bonds is 5. The second-order valence-corrected chi connectivity index (χ2v) is 4.61. The molecule has 0 bridgehead atoms. The minimum Gasteiger partial charge on any atom is -0.481 e. The number of nitrogens with one attached hydrogen (secondary N) is 1. The molecule has 0 saturated carbocycles. The van der Waals surface area contributed by atoms with Gasteiger partial charge in [-0.2, -0.15) is 5.10 Å². The predicted molar refractivity (Wildman–Crippen MR) is 83.3 cm³/mol. The first-order chi connectivity index (χ1) is 10.2. The van der Waals surface area contributed by atoms with Gasteiger partial charge in [0.1, 0.15) is 5.75 Å². The molecule has 4 heteroatoms. The van der Waals surface area contributed by atoms with Crippen molar-refractivity contribution in [2.75, 3.05) is 0 Å². The zero-order valence-corrected chi connectivity index (χ0v) is 12.1. The lowest BCUT2D eigenvalue weighted by molar-refractivity contribution is -0.127. The predicted octanol–water partition coefficient (Wildman–Crippen LogP) is 2.99. The maximum Gasteiger partial charge on any atom is 0.280 e. The van der Waals surface area contributed by atoms with Gasteiger partial charge < -0.3 is 4.74 Å². The molecular weight excluding hydrogens is 264 g/mol. The number of benzene rings is 2. The van der Waals surface area contributed by atoms with E-state index in [0.29, 0.717) is 5.75 Å². The summed E-state index contributed by atoms with van der Waals surface area (Å²) < 4.78 is 5.53. The molecule has 1 unspecified atom stereocenters. The van der Waals surface area contributed by atoms with Gasteiger partial charge in [0.2, 0.25) is 0 Å². The molecule has 0 heterocycles. The van der Waals surface area contributed by atoms with Crippen molar-refractivity contribution in [1.82, 2.24) is 5.43 Å². The van der Waals surface area contributed by atoms with Gasteiger partial charge in [-0.1, -0.05) is 48.5 Å². The van der Waals surface area contributed by atoms with E-state index >= 15 is 0 Å². The third-order valence-electron chi connectivity index (χ3n) is 2.95. The molecule has 0 aliphatic rings. The molecule has 0 saturated heterocycles. The smallest absolute Gasteiger partial charge is 0.280 e. The average molecular weight is 282 g/mol. The van der Waals surface area contributed by atoms with Gasteiger partial charge in [0.15, 0.2) is 6.10 Å². The SMILES string of the molecule is C/C(=N\NC(=O)C(C)Oc1ccccc1)c1ccccc1. The lowest BCUT2D eigenvalue weighted by Crippen LogP contribution is -2.33. The summed E-state index contributed by atoms with van der Waals surface area (Å²) in [6.45, 7) is 3.54. The summed E-state index contributed by atoms with van der Waals surface area (Å²) in [5.41, 5.74) is 4.24. The summed E-state index contributed by atoms with van der Waals surface area (Å²) >= 11 is 0. The van der Waals surface area contributed by atoms with E-state index < -0.39 is 6.10 Å². The maximum atomic E-state index is 11.9. The molecule has 0 fully saturated rings. The van der Waals surface area contributed by atoms with Crippen LogP contribution in [0.3, 0.4) is 0 Å². The van der Waals surface area contributed by atoms with Crippen LogP contribution in [0.1, 0.15) is 19.4 Å². The highest BCUT2D eigenvalue weighted by Crippen LogP contribution is 2.10. The van der Waals surface area contributed by atoms with Crippen molar-refractivity contribution in [2.45, 2.75) is 20.0 Å². The number of hydrogen-bond acceptors (Lipinski definition) is 3. The molecule has 0 radical (unpaired) electrons. The first-order valence-electron chi connectivity index (χ1n) is 6.78. The summed E-state index contributed by atoms with van der Waals surface area (Å²) in [4.78, 5) is 11.9. The van der Waals surface area contributed by atoms with Gasteiger partial charge in [-0.25, -0.2) is 5.43 Å². The van der Waals surface area contributed by atoms with E-state index in [1.807, 2.05) is 67.6 Å². The Hall–Kier alpha value is -2.62. The van der Waals surface area contributed by atoms with Gasteiger partial charge in [0.05, 0.1) is 5.71 Å². The second-order valence-electron chi connectivity index (χ2n) is 4.61. The average Bonchev–Trinajstić information content (AvgIpc) is 2.54. The largest absolute Gasteiger partial charge is 0.481 e. The molecule has 2 aromatic carbocycles. The van der Waals surface area contributed by atoms with E-state index in [9.17, 15) is 4.79 Å². The Morgan fingerprint density at radius 3 is 2.24 bits per heavy atom. The highest BCUT2D eigenvalue weighted by molar-refractivity contribution is 5.99. The van der Waals surface area contributed by atoms with Crippen molar-refractivity contribution < 1.29 is 9.53 Å². The molecule has 1 atom stereocenters. The summed E-state index contributed by atoms with van der Waals surface area (Å²) in [5.74, 6) is 0.373. The molecule has 108 valence electrons. The van der Waals surface area contributed by atoms with E-state index in [0.717, 1.165) is 11.3 Å². The fourth-order valence-electron chi connectivity index (χ4n) is 1.73. The molecule has 0 aromatic heterocycles. The van der Waals surface area contributed by atoms with Crippen LogP contribution in [0.5, 0.6) is 5.75 Å². The van der Waals surface area contributed by atoms with Crippen LogP contribution in [0, 0.1) is 0 Å². The van der Waals surface area contributed by atoms with Crippen molar-refractivity contribution >= 4 is 11.6 Å². The minimum absolute atomic E-state index is 0.283. The van der Waals surface area contributed by atoms with Gasteiger partial charge >= 0.3 is 0 Å². The van der Waals surface area contributed by atoms with Crippen LogP contribution in [-0.2, 0) is 4.79 Å². The molecule has 21 heavy (non-hydrogen) atoms. The molecule has 2 aromatic rings. The molecule has 4 nitrogen and oxygen atoms in total. The summed E-state index contributed by atoms with van der Waals surface area (Å²) in [6.07, 6.45) is -0.611. The van der Waals surface area contributed by atoms with Gasteiger partial charge in [-0.15, -0.1) is 0 Å². The Bertz CT molecular complexity index is 609. The summed E-state index contributed by atoms with van der Waals surface area (Å²) in [7, 11) is 0. The zero-order chi connectivity index (χ0) is 15.1. The molecule has 0 aliphatic carbocycles. The second kappa shape index (κ2) is 7.24. The monoisotopic (exact) mass is 282 g/mol. The topological polar surface area (TPSA) is 50.7 Å². The first kappa shape index (κ1) is 14.8. The number of carbonyl (C=O) groups excluding carboxylic acids is 1. The van der Waals surface area contributed by atoms with Crippen LogP contribution in [-0.4, -0.2) is 17.7 Å². The van der Waals surface area contributed by atoms with Gasteiger partial charge in [0.25, 0.3) is 5.91 Å². The number of hydrogen-bond donors (Lipinski definition) is 1. The quantitative estimate of drug-likeness (QED) is 0.677. The third kappa shape index (κ3) is 4.45. The number of hydrazone groups is 1. The van der Waals surface area contributed by atoms with Crippen molar-refractivity contribution in [2.24, 2.45) is 5.10 Å². The van der Waals surface area contributed by atoms with E-state index in [-0.39, 0.29) is 5.91 Å². The fraction of sp³-hybridized carbons (Fsp3) is 0.176. The van der Waals surface area contributed by atoms with Gasteiger partial charge in [0, 0.05) is 0 Å². The molecule has 1 N–H and O–H groups in total. The molecular formula is C17H18N2O2. The Balaban J connectivity index is 1.92. The summed E-state index contributed by atoms with van der Waals surface area (Å²) in [5, 5.41) is 4.09. The zero-order valence-electron chi connectivity index (χ0n) is 12.1. The Morgan fingerprint density at radius 1 is 1.05 bits per heavy atom. The first-order valence-corrected chi connectivity index (χ1v) is 6.78. The van der Waals surface area contributed by atoms with E-state index in [4.69, 9.17) is 4.74 Å². The minimum atomic E-state index is -0.611. The highest BCUT2D eigenvalue weighted by Gasteiger charge is 2.13. The van der Waals surface area contributed by atoms with Crippen LogP contribution < -0.4 is 10.2 Å². The molecule has 1 amide bonds. The van der Waals surface area contributed by atoms with Crippen LogP contribution in [0.2, 0.25) is 0 Å². The molecule has 0 spiro atoms. The van der Waals surface area contributed by atoms with Crippen LogP contribution in [0.25, 0.3) is 0 Å². The van der Waals surface area contributed by atoms with Crippen molar-refractivity contribution in [3.05, 3.63) is 66.2 Å². The lowest BCUT2D eigenvalue weighted by Gasteiger charge is -2.13. The molecule has 0 aliphatic heterocycles. The third-order valence-corrected chi connectivity index (χ3v) is 2.95. The Labute approximate surface area is 124 Å². The number of ether oxygens (including phenoxy) is 1. The van der Waals surface area contributed by atoms with Gasteiger partial charge in [-0.05, 0) is 31.5 Å². The normalized spacial score (nSPS) is 12.6. The van der Waals surface area contributed by atoms with Gasteiger partial charge in [-0.3, -0.25) is 4.79 Å². The fourth-order valence-corrected chi connectivity index (χ4v) is 1.73. The van der Waals surface area contributed by atoms with E-state index in [1.165, 1.54) is 0 Å². The van der Waals surface area contributed by atoms with Crippen molar-refractivity contribution in [1.29, 1.82) is 0 Å². The lowest BCUT2D eigenvalue weighted by atomic mass is 10.1. The highest BCUT2D eigenvalue weighted by atomic mass is 16.5. The van der Waals surface area contributed by atoms with E-state index in [1.54, 1.807) is 6.92 Å². The van der Waals surface area contributed by atoms with Crippen molar-refractivity contribution in [3.63, 3.8) is 0 Å². The standard InChI is InChI=1S/C17H18N2O2/c1-13(15-9-5-3-6-10-15)18-19-17(20)14(2)21-16-11-7-4-8-12-16/h3-12,14H,1-2H3,(H,19,20)/b18-13+. The van der Waals surface area contributed by atoms with E-state index in [2.05, 4.69) is 10.5 Å². The van der Waals surface area contributed by atoms with Crippen LogP contribution in [0.4, 0.5) is 0 Å². The Morgan fingerprint density at radius 2 is 1.62 bits per heavy atom. The van der Waals surface area contributed by atoms with Crippen LogP contribution >= 0.6 is 0 Å². The Kier molecular flexibility index (Phi) is 5.10. The van der Waals surface area contributed by atoms with Crippen molar-refractivity contribution in [3.8, 4) is 5.75 Å². The number of para-hydroxylation sites is 1. The summed E-state index contributed by atoms with van der Waals surface area (Å²) in [6, 6.07) is 18.9.